The highest BCUT2D eigenvalue weighted by atomic mass is 35.5. The number of ether oxygens (including phenoxy) is 1. The van der Waals surface area contributed by atoms with Crippen molar-refractivity contribution < 1.29 is 9.53 Å². The van der Waals surface area contributed by atoms with Gasteiger partial charge in [0.1, 0.15) is 5.75 Å². The molecular weight excluding hydrogens is 455 g/mol. The molecule has 162 valence electrons. The average molecular weight is 477 g/mol. The Balaban J connectivity index is 0.00000272. The van der Waals surface area contributed by atoms with Crippen LogP contribution in [-0.2, 0) is 11.3 Å². The third kappa shape index (κ3) is 5.76. The van der Waals surface area contributed by atoms with Crippen LogP contribution in [0, 0.1) is 6.92 Å². The highest BCUT2D eigenvalue weighted by Crippen LogP contribution is 2.31. The molecule has 0 fully saturated rings. The molecule has 0 N–H and O–H groups in total. The van der Waals surface area contributed by atoms with E-state index in [-0.39, 0.29) is 24.9 Å². The number of anilines is 1. The van der Waals surface area contributed by atoms with E-state index < -0.39 is 0 Å². The van der Waals surface area contributed by atoms with Gasteiger partial charge in [0.2, 0.25) is 0 Å². The minimum Gasteiger partial charge on any atom is -0.484 e. The molecular formula is C22H22Cl2N4O2S. The maximum Gasteiger partial charge on any atom is 0.266 e. The first-order chi connectivity index (χ1) is 14.6. The molecule has 2 heterocycles. The molecule has 0 atom stereocenters. The van der Waals surface area contributed by atoms with Crippen molar-refractivity contribution in [1.29, 1.82) is 0 Å². The number of carbonyl (C=O) groups is 1. The molecule has 0 aliphatic carbocycles. The standard InChI is InChI=1S/C22H21ClN4O2S.ClH/c1-16-4-2-5-19-21(16)25-22(30-19)27(12-3-11-26-13-10-24-15-26)20(28)14-29-18-8-6-17(23)7-9-18;/h2,4-10,13,15H,3,11-12,14H2,1H3;1H. The molecule has 1 amide bonds. The number of halogens is 2. The van der Waals surface area contributed by atoms with Crippen molar-refractivity contribution in [3.8, 4) is 5.75 Å². The zero-order chi connectivity index (χ0) is 20.9. The monoisotopic (exact) mass is 476 g/mol. The molecule has 0 saturated carbocycles. The summed E-state index contributed by atoms with van der Waals surface area (Å²) in [6.45, 7) is 3.27. The molecule has 0 unspecified atom stereocenters. The SMILES string of the molecule is Cc1cccc2sc(N(CCCn3ccnc3)C(=O)COc3ccc(Cl)cc3)nc12.Cl. The fourth-order valence-corrected chi connectivity index (χ4v) is 4.31. The Bertz CT molecular complexity index is 1130. The third-order valence-corrected chi connectivity index (χ3v) is 5.97. The van der Waals surface area contributed by atoms with Gasteiger partial charge in [0.05, 0.1) is 16.5 Å². The van der Waals surface area contributed by atoms with E-state index in [2.05, 4.69) is 4.98 Å². The molecule has 2 aromatic carbocycles. The number of hydrogen-bond donors (Lipinski definition) is 0. The van der Waals surface area contributed by atoms with E-state index in [9.17, 15) is 4.79 Å². The van der Waals surface area contributed by atoms with Crippen LogP contribution in [0.3, 0.4) is 0 Å². The largest absolute Gasteiger partial charge is 0.484 e. The van der Waals surface area contributed by atoms with Gasteiger partial charge in [-0.15, -0.1) is 12.4 Å². The minimum absolute atomic E-state index is 0. The number of hydrogen-bond acceptors (Lipinski definition) is 5. The van der Waals surface area contributed by atoms with E-state index >= 15 is 0 Å². The summed E-state index contributed by atoms with van der Waals surface area (Å²) in [5.41, 5.74) is 2.03. The molecule has 0 radical (unpaired) electrons. The Morgan fingerprint density at radius 2 is 2.03 bits per heavy atom. The maximum absolute atomic E-state index is 13.1. The van der Waals surface area contributed by atoms with Gasteiger partial charge in [-0.25, -0.2) is 9.97 Å². The number of amides is 1. The molecule has 6 nitrogen and oxygen atoms in total. The van der Waals surface area contributed by atoms with E-state index in [0.717, 1.165) is 28.7 Å². The number of rotatable bonds is 8. The van der Waals surface area contributed by atoms with Crippen molar-refractivity contribution in [1.82, 2.24) is 14.5 Å². The smallest absolute Gasteiger partial charge is 0.266 e. The first-order valence-electron chi connectivity index (χ1n) is 9.61. The van der Waals surface area contributed by atoms with Gasteiger partial charge >= 0.3 is 0 Å². The van der Waals surface area contributed by atoms with Crippen molar-refractivity contribution in [3.05, 3.63) is 71.8 Å². The Morgan fingerprint density at radius 3 is 2.74 bits per heavy atom. The second-order valence-corrected chi connectivity index (χ2v) is 8.31. The normalized spacial score (nSPS) is 10.6. The van der Waals surface area contributed by atoms with Crippen LogP contribution in [0.5, 0.6) is 5.75 Å². The second-order valence-electron chi connectivity index (χ2n) is 6.86. The number of nitrogens with zero attached hydrogens (tertiary/aromatic N) is 4. The van der Waals surface area contributed by atoms with Gasteiger partial charge in [-0.3, -0.25) is 9.69 Å². The Kier molecular flexibility index (Phi) is 7.90. The number of aromatic nitrogens is 3. The van der Waals surface area contributed by atoms with Gasteiger partial charge in [-0.1, -0.05) is 35.1 Å². The van der Waals surface area contributed by atoms with Gasteiger partial charge in [0.25, 0.3) is 5.91 Å². The zero-order valence-electron chi connectivity index (χ0n) is 16.9. The number of para-hydroxylation sites is 1. The summed E-state index contributed by atoms with van der Waals surface area (Å²) in [5, 5.41) is 1.31. The molecule has 2 aromatic heterocycles. The van der Waals surface area contributed by atoms with Gasteiger partial charge in [0.15, 0.2) is 11.7 Å². The Morgan fingerprint density at radius 1 is 1.23 bits per heavy atom. The number of aryl methyl sites for hydroxylation is 2. The highest BCUT2D eigenvalue weighted by Gasteiger charge is 2.20. The minimum atomic E-state index is -0.132. The second kappa shape index (κ2) is 10.6. The van der Waals surface area contributed by atoms with Crippen LogP contribution in [-0.4, -0.2) is 33.6 Å². The van der Waals surface area contributed by atoms with Crippen LogP contribution in [0.4, 0.5) is 5.13 Å². The van der Waals surface area contributed by atoms with Crippen LogP contribution in [0.15, 0.2) is 61.2 Å². The molecule has 9 heteroatoms. The first kappa shape index (κ1) is 23.1. The molecule has 0 bridgehead atoms. The zero-order valence-corrected chi connectivity index (χ0v) is 19.3. The van der Waals surface area contributed by atoms with Gasteiger partial charge in [-0.05, 0) is 49.2 Å². The number of imidazole rings is 1. The number of carbonyl (C=O) groups excluding carboxylic acids is 1. The van der Waals surface area contributed by atoms with Crippen molar-refractivity contribution in [2.24, 2.45) is 0 Å². The fourth-order valence-electron chi connectivity index (χ4n) is 3.10. The summed E-state index contributed by atoms with van der Waals surface area (Å²) in [4.78, 5) is 23.6. The van der Waals surface area contributed by atoms with Crippen LogP contribution >= 0.6 is 35.3 Å². The Hall–Kier alpha value is -2.61. The first-order valence-corrected chi connectivity index (χ1v) is 10.8. The Labute approximate surface area is 195 Å². The van der Waals surface area contributed by atoms with Crippen LogP contribution < -0.4 is 9.64 Å². The summed E-state index contributed by atoms with van der Waals surface area (Å²) >= 11 is 7.43. The summed E-state index contributed by atoms with van der Waals surface area (Å²) in [6, 6.07) is 13.0. The van der Waals surface area contributed by atoms with Crippen molar-refractivity contribution in [3.63, 3.8) is 0 Å². The van der Waals surface area contributed by atoms with Crippen molar-refractivity contribution >= 4 is 56.6 Å². The van der Waals surface area contributed by atoms with Crippen LogP contribution in [0.1, 0.15) is 12.0 Å². The lowest BCUT2D eigenvalue weighted by Gasteiger charge is -2.20. The lowest BCUT2D eigenvalue weighted by Crippen LogP contribution is -2.36. The van der Waals surface area contributed by atoms with Gasteiger partial charge in [0, 0.05) is 30.5 Å². The van der Waals surface area contributed by atoms with E-state index in [1.165, 1.54) is 11.3 Å². The summed E-state index contributed by atoms with van der Waals surface area (Å²) in [5.74, 6) is 0.471. The number of thiazole rings is 1. The molecule has 4 aromatic rings. The van der Waals surface area contributed by atoms with E-state index in [0.29, 0.717) is 22.4 Å². The van der Waals surface area contributed by atoms with Crippen molar-refractivity contribution in [2.45, 2.75) is 19.9 Å². The van der Waals surface area contributed by atoms with Crippen LogP contribution in [0.25, 0.3) is 10.2 Å². The van der Waals surface area contributed by atoms with Crippen molar-refractivity contribution in [2.75, 3.05) is 18.1 Å². The van der Waals surface area contributed by atoms with E-state index in [1.54, 1.807) is 41.7 Å². The van der Waals surface area contributed by atoms with Gasteiger partial charge in [-0.2, -0.15) is 0 Å². The molecule has 0 spiro atoms. The third-order valence-electron chi connectivity index (χ3n) is 4.67. The molecule has 31 heavy (non-hydrogen) atoms. The topological polar surface area (TPSA) is 60.2 Å². The summed E-state index contributed by atoms with van der Waals surface area (Å²) in [7, 11) is 0. The predicted molar refractivity (Wildman–Crippen MR) is 128 cm³/mol. The molecule has 4 rings (SSSR count). The molecule has 0 saturated heterocycles. The van der Waals surface area contributed by atoms with Crippen LogP contribution in [0.2, 0.25) is 5.02 Å². The average Bonchev–Trinajstić information content (AvgIpc) is 3.41. The highest BCUT2D eigenvalue weighted by molar-refractivity contribution is 7.22. The number of benzene rings is 2. The summed E-state index contributed by atoms with van der Waals surface area (Å²) < 4.78 is 8.75. The summed E-state index contributed by atoms with van der Waals surface area (Å²) in [6.07, 6.45) is 6.21. The quantitative estimate of drug-likeness (QED) is 0.342. The predicted octanol–water partition coefficient (Wildman–Crippen LogP) is 5.38. The van der Waals surface area contributed by atoms with Gasteiger partial charge < -0.3 is 9.30 Å². The van der Waals surface area contributed by atoms with E-state index in [4.69, 9.17) is 21.3 Å². The lowest BCUT2D eigenvalue weighted by molar-refractivity contribution is -0.120. The fraction of sp³-hybridized carbons (Fsp3) is 0.227. The maximum atomic E-state index is 13.1. The molecule has 0 aliphatic rings. The molecule has 0 aliphatic heterocycles. The van der Waals surface area contributed by atoms with E-state index in [1.807, 2.05) is 35.9 Å². The lowest BCUT2D eigenvalue weighted by atomic mass is 10.2. The number of fused-ring (bicyclic) bond motifs is 1.